The summed E-state index contributed by atoms with van der Waals surface area (Å²) >= 11 is 0. The summed E-state index contributed by atoms with van der Waals surface area (Å²) < 4.78 is 39.0. The average Bonchev–Trinajstić information content (AvgIpc) is 3.25. The molecule has 0 aliphatic rings. The Hall–Kier alpha value is -2.63. The van der Waals surface area contributed by atoms with Gasteiger partial charge in [0.05, 0.1) is 19.5 Å². The van der Waals surface area contributed by atoms with E-state index < -0.39 is 12.6 Å². The molecular formula is C22H26F3IN6. The molecule has 0 saturated carbocycles. The first-order chi connectivity index (χ1) is 14.9. The summed E-state index contributed by atoms with van der Waals surface area (Å²) in [5.74, 6) is 0.365. The van der Waals surface area contributed by atoms with Gasteiger partial charge in [-0.3, -0.25) is 0 Å². The van der Waals surface area contributed by atoms with E-state index in [4.69, 9.17) is 0 Å². The topological polar surface area (TPSA) is 67.1 Å². The molecule has 32 heavy (non-hydrogen) atoms. The van der Waals surface area contributed by atoms with Crippen LogP contribution in [0.25, 0.3) is 11.1 Å². The number of guanidine groups is 1. The van der Waals surface area contributed by atoms with Gasteiger partial charge in [-0.25, -0.2) is 14.7 Å². The Morgan fingerprint density at radius 1 is 1.06 bits per heavy atom. The average molecular weight is 558 g/mol. The van der Waals surface area contributed by atoms with Crippen LogP contribution in [0, 0.1) is 0 Å². The Balaban J connectivity index is 0.00000363. The monoisotopic (exact) mass is 558 g/mol. The van der Waals surface area contributed by atoms with Crippen LogP contribution < -0.4 is 10.6 Å². The molecule has 0 atom stereocenters. The fourth-order valence-corrected chi connectivity index (χ4v) is 3.06. The molecule has 0 aliphatic heterocycles. The van der Waals surface area contributed by atoms with Gasteiger partial charge in [-0.2, -0.15) is 18.3 Å². The van der Waals surface area contributed by atoms with Gasteiger partial charge in [0.15, 0.2) is 5.96 Å². The molecule has 3 aromatic rings. The van der Waals surface area contributed by atoms with Crippen LogP contribution in [0.1, 0.15) is 24.5 Å². The predicted molar refractivity (Wildman–Crippen MR) is 130 cm³/mol. The molecule has 0 unspecified atom stereocenters. The first-order valence-electron chi connectivity index (χ1n) is 10.0. The summed E-state index contributed by atoms with van der Waals surface area (Å²) in [7, 11) is 0. The molecular weight excluding hydrogens is 532 g/mol. The predicted octanol–water partition coefficient (Wildman–Crippen LogP) is 4.62. The molecule has 1 heterocycles. The number of aromatic nitrogens is 3. The summed E-state index contributed by atoms with van der Waals surface area (Å²) in [6.45, 7) is 3.20. The minimum absolute atomic E-state index is 0. The van der Waals surface area contributed by atoms with E-state index in [9.17, 15) is 13.2 Å². The van der Waals surface area contributed by atoms with Crippen molar-refractivity contribution >= 4 is 29.9 Å². The number of nitrogens with zero attached hydrogens (tertiary/aromatic N) is 4. The van der Waals surface area contributed by atoms with Crippen LogP contribution in [0.15, 0.2) is 66.2 Å². The van der Waals surface area contributed by atoms with E-state index in [2.05, 4.69) is 25.7 Å². The van der Waals surface area contributed by atoms with Gasteiger partial charge in [-0.1, -0.05) is 48.5 Å². The molecule has 0 spiro atoms. The summed E-state index contributed by atoms with van der Waals surface area (Å²) in [5, 5.41) is 9.84. The SMILES string of the molecule is CCNC(=NCc1ccccc1-c1ccc(Cn2cncn2)cc1)NCCC(F)(F)F.I. The first kappa shape index (κ1) is 25.6. The number of nitrogens with one attached hydrogen (secondary N) is 2. The summed E-state index contributed by atoms with van der Waals surface area (Å²) in [5.41, 5.74) is 4.17. The minimum atomic E-state index is -4.20. The van der Waals surface area contributed by atoms with Crippen molar-refractivity contribution < 1.29 is 13.2 Å². The molecule has 0 bridgehead atoms. The number of alkyl halides is 3. The van der Waals surface area contributed by atoms with Gasteiger partial charge < -0.3 is 10.6 Å². The van der Waals surface area contributed by atoms with Gasteiger partial charge in [-0.15, -0.1) is 24.0 Å². The lowest BCUT2D eigenvalue weighted by Gasteiger charge is -2.13. The van der Waals surface area contributed by atoms with Crippen molar-refractivity contribution in [3.63, 3.8) is 0 Å². The molecule has 2 aromatic carbocycles. The van der Waals surface area contributed by atoms with E-state index in [0.29, 0.717) is 25.6 Å². The maximum atomic E-state index is 12.4. The summed E-state index contributed by atoms with van der Waals surface area (Å²) in [4.78, 5) is 8.41. The van der Waals surface area contributed by atoms with Crippen LogP contribution in [0.2, 0.25) is 0 Å². The first-order valence-corrected chi connectivity index (χ1v) is 10.0. The van der Waals surface area contributed by atoms with E-state index in [-0.39, 0.29) is 30.5 Å². The van der Waals surface area contributed by atoms with Crippen LogP contribution in [0.5, 0.6) is 0 Å². The van der Waals surface area contributed by atoms with Crippen molar-refractivity contribution in [1.29, 1.82) is 0 Å². The zero-order valence-corrected chi connectivity index (χ0v) is 20.0. The molecule has 0 fully saturated rings. The smallest absolute Gasteiger partial charge is 0.357 e. The van der Waals surface area contributed by atoms with Crippen molar-refractivity contribution in [2.45, 2.75) is 32.6 Å². The second-order valence-corrected chi connectivity index (χ2v) is 6.93. The maximum absolute atomic E-state index is 12.4. The molecule has 0 saturated heterocycles. The van der Waals surface area contributed by atoms with Crippen LogP contribution >= 0.6 is 24.0 Å². The largest absolute Gasteiger partial charge is 0.390 e. The van der Waals surface area contributed by atoms with E-state index in [1.807, 2.05) is 55.5 Å². The van der Waals surface area contributed by atoms with Crippen molar-refractivity contribution in [2.75, 3.05) is 13.1 Å². The van der Waals surface area contributed by atoms with Gasteiger partial charge in [0.25, 0.3) is 0 Å². The molecule has 3 rings (SSSR count). The van der Waals surface area contributed by atoms with E-state index in [1.165, 1.54) is 6.33 Å². The van der Waals surface area contributed by atoms with Crippen molar-refractivity contribution in [3.05, 3.63) is 72.3 Å². The van der Waals surface area contributed by atoms with Gasteiger partial charge in [-0.05, 0) is 29.2 Å². The van der Waals surface area contributed by atoms with Gasteiger partial charge in [0, 0.05) is 13.1 Å². The Morgan fingerprint density at radius 2 is 1.81 bits per heavy atom. The highest BCUT2D eigenvalue weighted by Gasteiger charge is 2.26. The van der Waals surface area contributed by atoms with E-state index in [0.717, 1.165) is 22.3 Å². The van der Waals surface area contributed by atoms with Crippen LogP contribution in [-0.2, 0) is 13.1 Å². The molecule has 10 heteroatoms. The van der Waals surface area contributed by atoms with Gasteiger partial charge in [0.1, 0.15) is 12.7 Å². The molecule has 1 aromatic heterocycles. The van der Waals surface area contributed by atoms with Gasteiger partial charge >= 0.3 is 6.18 Å². The molecule has 0 amide bonds. The lowest BCUT2D eigenvalue weighted by molar-refractivity contribution is -0.132. The standard InChI is InChI=1S/C22H25F3N6.HI/c1-2-27-21(28-12-11-22(23,24)25)29-13-19-5-3-4-6-20(19)18-9-7-17(8-10-18)14-31-16-26-15-30-31;/h3-10,15-16H,2,11-14H2,1H3,(H2,27,28,29);1H. The number of hydrogen-bond acceptors (Lipinski definition) is 3. The Labute approximate surface area is 202 Å². The summed E-state index contributed by atoms with van der Waals surface area (Å²) in [6, 6.07) is 16.0. The number of benzene rings is 2. The van der Waals surface area contributed by atoms with Crippen LogP contribution in [0.3, 0.4) is 0 Å². The third-order valence-corrected chi connectivity index (χ3v) is 4.55. The van der Waals surface area contributed by atoms with Crippen LogP contribution in [-0.4, -0.2) is 40.0 Å². The fraction of sp³-hybridized carbons (Fsp3) is 0.318. The van der Waals surface area contributed by atoms with Gasteiger partial charge in [0.2, 0.25) is 0 Å². The van der Waals surface area contributed by atoms with Crippen LogP contribution in [0.4, 0.5) is 13.2 Å². The molecule has 172 valence electrons. The zero-order chi connectivity index (χ0) is 22.1. The van der Waals surface area contributed by atoms with Crippen molar-refractivity contribution in [1.82, 2.24) is 25.4 Å². The zero-order valence-electron chi connectivity index (χ0n) is 17.6. The Bertz CT molecular complexity index is 972. The third-order valence-electron chi connectivity index (χ3n) is 4.55. The highest BCUT2D eigenvalue weighted by atomic mass is 127. The molecule has 2 N–H and O–H groups in total. The second-order valence-electron chi connectivity index (χ2n) is 6.93. The fourth-order valence-electron chi connectivity index (χ4n) is 3.06. The molecule has 0 radical (unpaired) electrons. The number of hydrogen-bond donors (Lipinski definition) is 2. The van der Waals surface area contributed by atoms with E-state index in [1.54, 1.807) is 11.0 Å². The van der Waals surface area contributed by atoms with E-state index >= 15 is 0 Å². The molecule has 6 nitrogen and oxygen atoms in total. The normalized spacial score (nSPS) is 11.7. The number of aliphatic imine (C=N–C) groups is 1. The highest BCUT2D eigenvalue weighted by Crippen LogP contribution is 2.25. The Kier molecular flexibility index (Phi) is 9.95. The lowest BCUT2D eigenvalue weighted by Crippen LogP contribution is -2.38. The minimum Gasteiger partial charge on any atom is -0.357 e. The third kappa shape index (κ3) is 8.13. The van der Waals surface area contributed by atoms with Crippen molar-refractivity contribution in [2.24, 2.45) is 4.99 Å². The van der Waals surface area contributed by atoms with Crippen molar-refractivity contribution in [3.8, 4) is 11.1 Å². The number of rotatable bonds is 8. The maximum Gasteiger partial charge on any atom is 0.390 e. The second kappa shape index (κ2) is 12.4. The Morgan fingerprint density at radius 3 is 2.47 bits per heavy atom. The highest BCUT2D eigenvalue weighted by molar-refractivity contribution is 14.0. The lowest BCUT2D eigenvalue weighted by atomic mass is 9.98. The quantitative estimate of drug-likeness (QED) is 0.241. The number of halogens is 4. The molecule has 0 aliphatic carbocycles. The summed E-state index contributed by atoms with van der Waals surface area (Å²) in [6.07, 6.45) is -1.93.